The van der Waals surface area contributed by atoms with Crippen LogP contribution in [0.25, 0.3) is 5.52 Å². The van der Waals surface area contributed by atoms with E-state index in [1.165, 1.54) is 22.2 Å². The minimum atomic E-state index is -0.138. The monoisotopic (exact) mass is 343 g/mol. The Morgan fingerprint density at radius 1 is 1.39 bits per heavy atom. The van der Waals surface area contributed by atoms with Gasteiger partial charge in [-0.05, 0) is 42.5 Å². The molecule has 0 saturated carbocycles. The van der Waals surface area contributed by atoms with E-state index < -0.39 is 0 Å². The summed E-state index contributed by atoms with van der Waals surface area (Å²) < 4.78 is 2.03. The van der Waals surface area contributed by atoms with Crippen LogP contribution in [0.4, 0.5) is 0 Å². The van der Waals surface area contributed by atoms with Gasteiger partial charge in [-0.3, -0.25) is 9.20 Å². The van der Waals surface area contributed by atoms with Crippen LogP contribution in [0.15, 0.2) is 47.2 Å². The van der Waals surface area contributed by atoms with E-state index in [0.29, 0.717) is 0 Å². The van der Waals surface area contributed by atoms with Gasteiger partial charge in [0, 0.05) is 24.2 Å². The number of imidazole rings is 1. The molecule has 4 heterocycles. The summed E-state index contributed by atoms with van der Waals surface area (Å²) in [6.45, 7) is 3.53. The van der Waals surface area contributed by atoms with Crippen LogP contribution < -0.4 is 0 Å². The van der Waals surface area contributed by atoms with Gasteiger partial charge in [-0.1, -0.05) is 17.8 Å². The number of hydrogen-bond acceptors (Lipinski definition) is 4. The van der Waals surface area contributed by atoms with Crippen molar-refractivity contribution in [3.05, 3.63) is 52.5 Å². The van der Waals surface area contributed by atoms with E-state index in [1.54, 1.807) is 11.3 Å². The van der Waals surface area contributed by atoms with Crippen LogP contribution in [-0.2, 0) is 17.8 Å². The van der Waals surface area contributed by atoms with Gasteiger partial charge in [0.1, 0.15) is 0 Å². The molecule has 4 rings (SSSR count). The third-order valence-corrected chi connectivity index (χ3v) is 6.25. The Morgan fingerprint density at radius 3 is 3.22 bits per heavy atom. The molecule has 3 aromatic heterocycles. The molecule has 0 fully saturated rings. The van der Waals surface area contributed by atoms with E-state index in [-0.39, 0.29) is 11.2 Å². The average molecular weight is 343 g/mol. The minimum absolute atomic E-state index is 0.138. The van der Waals surface area contributed by atoms with E-state index >= 15 is 0 Å². The van der Waals surface area contributed by atoms with E-state index in [1.807, 2.05) is 46.8 Å². The molecule has 3 aromatic rings. The predicted octanol–water partition coefficient (Wildman–Crippen LogP) is 3.46. The van der Waals surface area contributed by atoms with Crippen molar-refractivity contribution in [3.8, 4) is 0 Å². The molecule has 0 aliphatic carbocycles. The van der Waals surface area contributed by atoms with Gasteiger partial charge < -0.3 is 4.90 Å². The molecule has 0 N–H and O–H groups in total. The highest BCUT2D eigenvalue weighted by Crippen LogP contribution is 2.28. The highest BCUT2D eigenvalue weighted by molar-refractivity contribution is 8.00. The van der Waals surface area contributed by atoms with Crippen LogP contribution >= 0.6 is 23.1 Å². The van der Waals surface area contributed by atoms with Gasteiger partial charge >= 0.3 is 0 Å². The topological polar surface area (TPSA) is 37.6 Å². The summed E-state index contributed by atoms with van der Waals surface area (Å²) in [5.74, 6) is 0.194. The molecule has 1 amide bonds. The van der Waals surface area contributed by atoms with E-state index in [9.17, 15) is 4.79 Å². The molecule has 0 saturated heterocycles. The first-order valence-corrected chi connectivity index (χ1v) is 9.41. The van der Waals surface area contributed by atoms with Crippen molar-refractivity contribution in [2.45, 2.75) is 30.3 Å². The Balaban J connectivity index is 1.49. The number of nitrogens with zero attached hydrogens (tertiary/aromatic N) is 3. The fraction of sp³-hybridized carbons (Fsp3) is 0.294. The third-order valence-electron chi connectivity index (χ3n) is 4.15. The maximum atomic E-state index is 12.8. The number of amides is 1. The quantitative estimate of drug-likeness (QED) is 0.684. The van der Waals surface area contributed by atoms with Gasteiger partial charge in [0.25, 0.3) is 0 Å². The fourth-order valence-electron chi connectivity index (χ4n) is 2.91. The molecule has 1 atom stereocenters. The second-order valence-electron chi connectivity index (χ2n) is 5.68. The molecule has 4 nitrogen and oxygen atoms in total. The lowest BCUT2D eigenvalue weighted by atomic mass is 10.1. The summed E-state index contributed by atoms with van der Waals surface area (Å²) in [5.41, 5.74) is 2.36. The Morgan fingerprint density at radius 2 is 2.30 bits per heavy atom. The van der Waals surface area contributed by atoms with Gasteiger partial charge in [-0.15, -0.1) is 11.3 Å². The summed E-state index contributed by atoms with van der Waals surface area (Å²) in [4.78, 5) is 20.6. The molecule has 0 radical (unpaired) electrons. The summed E-state index contributed by atoms with van der Waals surface area (Å²) in [6.07, 6.45) is 4.81. The number of aromatic nitrogens is 2. The number of carbonyl (C=O) groups excluding carboxylic acids is 1. The standard InChI is InChI=1S/C17H17N3OS2/c1-12(23-17-18-10-14-4-2-3-7-20(14)17)16(21)19-8-5-15-13(11-19)6-9-22-15/h2-4,6-7,9-10,12H,5,8,11H2,1H3. The van der Waals surface area contributed by atoms with Gasteiger partial charge in [-0.2, -0.15) is 0 Å². The molecule has 0 aromatic carbocycles. The molecule has 1 aliphatic heterocycles. The first-order valence-electron chi connectivity index (χ1n) is 7.65. The normalized spacial score (nSPS) is 15.6. The summed E-state index contributed by atoms with van der Waals surface area (Å²) >= 11 is 3.32. The molecular weight excluding hydrogens is 326 g/mol. The zero-order valence-electron chi connectivity index (χ0n) is 12.8. The van der Waals surface area contributed by atoms with Crippen LogP contribution in [0, 0.1) is 0 Å². The number of pyridine rings is 1. The van der Waals surface area contributed by atoms with Crippen LogP contribution in [0.3, 0.4) is 0 Å². The fourth-order valence-corrected chi connectivity index (χ4v) is 4.76. The Labute approximate surface area is 143 Å². The molecule has 1 unspecified atom stereocenters. The van der Waals surface area contributed by atoms with Gasteiger partial charge in [0.2, 0.25) is 5.91 Å². The molecule has 0 bridgehead atoms. The molecular formula is C17H17N3OS2. The van der Waals surface area contributed by atoms with Crippen molar-refractivity contribution in [2.75, 3.05) is 6.54 Å². The van der Waals surface area contributed by atoms with E-state index in [0.717, 1.165) is 30.2 Å². The maximum Gasteiger partial charge on any atom is 0.236 e. The highest BCUT2D eigenvalue weighted by Gasteiger charge is 2.26. The number of thiophene rings is 1. The van der Waals surface area contributed by atoms with Crippen molar-refractivity contribution < 1.29 is 4.79 Å². The van der Waals surface area contributed by atoms with Gasteiger partial charge in [-0.25, -0.2) is 4.98 Å². The zero-order valence-corrected chi connectivity index (χ0v) is 14.4. The third kappa shape index (κ3) is 2.77. The number of carbonyl (C=O) groups is 1. The largest absolute Gasteiger partial charge is 0.337 e. The first-order chi connectivity index (χ1) is 11.2. The lowest BCUT2D eigenvalue weighted by Crippen LogP contribution is -2.39. The Bertz CT molecular complexity index is 854. The molecule has 0 spiro atoms. The molecule has 118 valence electrons. The maximum absolute atomic E-state index is 12.8. The second-order valence-corrected chi connectivity index (χ2v) is 7.98. The van der Waals surface area contributed by atoms with Gasteiger partial charge in [0.15, 0.2) is 5.16 Å². The predicted molar refractivity (Wildman–Crippen MR) is 94.0 cm³/mol. The lowest BCUT2D eigenvalue weighted by Gasteiger charge is -2.29. The van der Waals surface area contributed by atoms with Crippen LogP contribution in [0.2, 0.25) is 0 Å². The van der Waals surface area contributed by atoms with Crippen molar-refractivity contribution in [1.29, 1.82) is 0 Å². The number of thioether (sulfide) groups is 1. The zero-order chi connectivity index (χ0) is 15.8. The Hall–Kier alpha value is -1.79. The minimum Gasteiger partial charge on any atom is -0.337 e. The van der Waals surface area contributed by atoms with Crippen LogP contribution in [-0.4, -0.2) is 32.0 Å². The smallest absolute Gasteiger partial charge is 0.236 e. The summed E-state index contributed by atoms with van der Waals surface area (Å²) in [7, 11) is 0. The van der Waals surface area contributed by atoms with Crippen LogP contribution in [0.5, 0.6) is 0 Å². The second kappa shape index (κ2) is 6.02. The average Bonchev–Trinajstić information content (AvgIpc) is 3.20. The molecule has 1 aliphatic rings. The first kappa shape index (κ1) is 14.8. The molecule has 23 heavy (non-hydrogen) atoms. The summed E-state index contributed by atoms with van der Waals surface area (Å²) in [5, 5.41) is 2.85. The van der Waals surface area contributed by atoms with E-state index in [2.05, 4.69) is 16.4 Å². The number of fused-ring (bicyclic) bond motifs is 2. The van der Waals surface area contributed by atoms with E-state index in [4.69, 9.17) is 0 Å². The summed E-state index contributed by atoms with van der Waals surface area (Å²) in [6, 6.07) is 8.13. The van der Waals surface area contributed by atoms with Crippen LogP contribution in [0.1, 0.15) is 17.4 Å². The van der Waals surface area contributed by atoms with Crippen molar-refractivity contribution in [2.24, 2.45) is 0 Å². The van der Waals surface area contributed by atoms with Crippen molar-refractivity contribution >= 4 is 34.5 Å². The number of rotatable bonds is 3. The SMILES string of the molecule is CC(Sc1ncc2ccccn12)C(=O)N1CCc2sccc2C1. The number of hydrogen-bond donors (Lipinski definition) is 0. The molecule has 6 heteroatoms. The Kier molecular flexibility index (Phi) is 3.87. The van der Waals surface area contributed by atoms with Gasteiger partial charge in [0.05, 0.1) is 17.0 Å². The highest BCUT2D eigenvalue weighted by atomic mass is 32.2. The lowest BCUT2D eigenvalue weighted by molar-refractivity contribution is -0.131. The van der Waals surface area contributed by atoms with Crippen molar-refractivity contribution in [1.82, 2.24) is 14.3 Å². The van der Waals surface area contributed by atoms with Crippen molar-refractivity contribution in [3.63, 3.8) is 0 Å².